The summed E-state index contributed by atoms with van der Waals surface area (Å²) in [6, 6.07) is 8.67. The standard InChI is InChI=1S/C14H10ClNO3S/c1-18-7-19-12-5-10-14(6-11(12)17)20-13-3-2-8(15)4-9(13)16-10/h2-6H,7H2,1H3. The van der Waals surface area contributed by atoms with E-state index in [1.54, 1.807) is 12.1 Å². The van der Waals surface area contributed by atoms with E-state index in [2.05, 4.69) is 4.98 Å². The predicted molar refractivity (Wildman–Crippen MR) is 80.0 cm³/mol. The molecule has 0 bridgehead atoms. The van der Waals surface area contributed by atoms with Crippen molar-refractivity contribution >= 4 is 33.2 Å². The lowest BCUT2D eigenvalue weighted by Crippen LogP contribution is -2.10. The zero-order valence-corrected chi connectivity index (χ0v) is 12.1. The average molecular weight is 308 g/mol. The molecule has 0 radical (unpaired) electrons. The molecule has 1 aliphatic carbocycles. The van der Waals surface area contributed by atoms with Gasteiger partial charge >= 0.3 is 0 Å². The van der Waals surface area contributed by atoms with Crippen LogP contribution < -0.4 is 10.2 Å². The normalized spacial score (nSPS) is 11.1. The molecule has 0 amide bonds. The molecule has 0 aromatic heterocycles. The van der Waals surface area contributed by atoms with Crippen LogP contribution in [-0.4, -0.2) is 18.9 Å². The Morgan fingerprint density at radius 1 is 1.30 bits per heavy atom. The van der Waals surface area contributed by atoms with Crippen molar-refractivity contribution in [2.45, 2.75) is 0 Å². The van der Waals surface area contributed by atoms with Crippen molar-refractivity contribution in [1.29, 1.82) is 0 Å². The lowest BCUT2D eigenvalue weighted by Gasteiger charge is -2.09. The number of nitrogens with zero attached hydrogens (tertiary/aromatic N) is 1. The van der Waals surface area contributed by atoms with Crippen LogP contribution in [-0.2, 0) is 4.74 Å². The van der Waals surface area contributed by atoms with E-state index < -0.39 is 0 Å². The van der Waals surface area contributed by atoms with Gasteiger partial charge in [-0.1, -0.05) is 11.6 Å². The van der Waals surface area contributed by atoms with Crippen LogP contribution in [0.15, 0.2) is 35.1 Å². The summed E-state index contributed by atoms with van der Waals surface area (Å²) < 4.78 is 11.0. The fraction of sp³-hybridized carbons (Fsp3) is 0.143. The minimum Gasteiger partial charge on any atom is -0.463 e. The minimum absolute atomic E-state index is 0.0313. The molecule has 1 aliphatic heterocycles. The molecule has 6 heteroatoms. The molecule has 0 saturated carbocycles. The Balaban J connectivity index is 2.20. The highest BCUT2D eigenvalue weighted by Crippen LogP contribution is 2.32. The first-order chi connectivity index (χ1) is 9.67. The van der Waals surface area contributed by atoms with Crippen LogP contribution in [0.25, 0.3) is 20.8 Å². The van der Waals surface area contributed by atoms with E-state index in [0.717, 1.165) is 15.1 Å². The maximum absolute atomic E-state index is 11.9. The summed E-state index contributed by atoms with van der Waals surface area (Å²) in [6.45, 7) is 0.0313. The highest BCUT2D eigenvalue weighted by atomic mass is 35.5. The van der Waals surface area contributed by atoms with Crippen molar-refractivity contribution in [3.63, 3.8) is 0 Å². The fourth-order valence-electron chi connectivity index (χ4n) is 1.85. The molecule has 0 atom stereocenters. The first kappa shape index (κ1) is 13.3. The van der Waals surface area contributed by atoms with Crippen LogP contribution in [0, 0.1) is 0 Å². The fourth-order valence-corrected chi connectivity index (χ4v) is 2.97. The van der Waals surface area contributed by atoms with Crippen LogP contribution >= 0.6 is 22.9 Å². The predicted octanol–water partition coefficient (Wildman–Crippen LogP) is 3.40. The van der Waals surface area contributed by atoms with E-state index in [1.807, 2.05) is 12.1 Å². The number of hydrogen-bond donors (Lipinski definition) is 0. The third-order valence-corrected chi connectivity index (χ3v) is 4.09. The van der Waals surface area contributed by atoms with Gasteiger partial charge in [0.05, 0.1) is 20.8 Å². The molecule has 0 N–H and O–H groups in total. The molecule has 4 nitrogen and oxygen atoms in total. The van der Waals surface area contributed by atoms with Crippen molar-refractivity contribution in [3.8, 4) is 16.3 Å². The van der Waals surface area contributed by atoms with Gasteiger partial charge in [-0.15, -0.1) is 11.3 Å². The average Bonchev–Trinajstić information content (AvgIpc) is 2.43. The van der Waals surface area contributed by atoms with Gasteiger partial charge in [0.25, 0.3) is 0 Å². The van der Waals surface area contributed by atoms with E-state index in [0.29, 0.717) is 10.7 Å². The summed E-state index contributed by atoms with van der Waals surface area (Å²) in [4.78, 5) is 17.2. The van der Waals surface area contributed by atoms with Gasteiger partial charge in [-0.3, -0.25) is 4.79 Å². The molecule has 2 aliphatic rings. The van der Waals surface area contributed by atoms with Crippen molar-refractivity contribution in [2.24, 2.45) is 0 Å². The van der Waals surface area contributed by atoms with Gasteiger partial charge < -0.3 is 9.47 Å². The number of aromatic nitrogens is 1. The molecule has 102 valence electrons. The molecule has 1 aromatic carbocycles. The summed E-state index contributed by atoms with van der Waals surface area (Å²) >= 11 is 7.47. The number of hydrogen-bond acceptors (Lipinski definition) is 5. The molecule has 0 unspecified atom stereocenters. The third kappa shape index (κ3) is 2.47. The second-order valence-corrected chi connectivity index (χ2v) is 5.66. The lowest BCUT2D eigenvalue weighted by atomic mass is 10.2. The molecule has 0 fully saturated rings. The molecule has 1 aromatic rings. The Bertz CT molecular complexity index is 802. The summed E-state index contributed by atoms with van der Waals surface area (Å²) in [5.74, 6) is 0.237. The van der Waals surface area contributed by atoms with Gasteiger partial charge in [-0.05, 0) is 18.2 Å². The van der Waals surface area contributed by atoms with Gasteiger partial charge in [-0.25, -0.2) is 4.98 Å². The smallest absolute Gasteiger partial charge is 0.222 e. The van der Waals surface area contributed by atoms with E-state index in [1.165, 1.54) is 24.5 Å². The summed E-state index contributed by atoms with van der Waals surface area (Å²) in [7, 11) is 1.50. The molecule has 20 heavy (non-hydrogen) atoms. The number of halogens is 1. The van der Waals surface area contributed by atoms with Crippen LogP contribution in [0.2, 0.25) is 5.02 Å². The monoisotopic (exact) mass is 307 g/mol. The van der Waals surface area contributed by atoms with E-state index in [9.17, 15) is 4.79 Å². The molecule has 3 rings (SSSR count). The second-order valence-electron chi connectivity index (χ2n) is 4.14. The van der Waals surface area contributed by atoms with E-state index in [4.69, 9.17) is 21.1 Å². The minimum atomic E-state index is -0.180. The van der Waals surface area contributed by atoms with Crippen LogP contribution in [0.4, 0.5) is 0 Å². The Morgan fingerprint density at radius 2 is 2.15 bits per heavy atom. The quantitative estimate of drug-likeness (QED) is 0.549. The highest BCUT2D eigenvalue weighted by molar-refractivity contribution is 7.21. The number of ether oxygens (including phenoxy) is 2. The van der Waals surface area contributed by atoms with Gasteiger partial charge in [0.2, 0.25) is 5.43 Å². The third-order valence-electron chi connectivity index (χ3n) is 2.74. The maximum atomic E-state index is 11.9. The first-order valence-electron chi connectivity index (χ1n) is 5.83. The zero-order valence-electron chi connectivity index (χ0n) is 10.6. The second kappa shape index (κ2) is 5.36. The van der Waals surface area contributed by atoms with Crippen molar-refractivity contribution < 1.29 is 9.47 Å². The number of benzene rings is 2. The van der Waals surface area contributed by atoms with Crippen molar-refractivity contribution in [3.05, 3.63) is 45.6 Å². The van der Waals surface area contributed by atoms with Crippen molar-refractivity contribution in [2.75, 3.05) is 13.9 Å². The Labute approximate surface area is 123 Å². The van der Waals surface area contributed by atoms with Gasteiger partial charge in [0, 0.05) is 24.3 Å². The molecule has 1 heterocycles. The number of rotatable bonds is 3. The van der Waals surface area contributed by atoms with Gasteiger partial charge in [0.1, 0.15) is 0 Å². The number of methoxy groups -OCH3 is 1. The first-order valence-corrected chi connectivity index (χ1v) is 7.03. The summed E-state index contributed by atoms with van der Waals surface area (Å²) in [6.07, 6.45) is 0. The Morgan fingerprint density at radius 3 is 2.95 bits per heavy atom. The topological polar surface area (TPSA) is 48.4 Å². The molecule has 0 saturated heterocycles. The summed E-state index contributed by atoms with van der Waals surface area (Å²) in [5, 5.41) is 0.632. The van der Waals surface area contributed by atoms with Gasteiger partial charge in [-0.2, -0.15) is 0 Å². The maximum Gasteiger partial charge on any atom is 0.222 e. The lowest BCUT2D eigenvalue weighted by molar-refractivity contribution is 0.0504. The molecule has 0 spiro atoms. The zero-order chi connectivity index (χ0) is 14.1. The highest BCUT2D eigenvalue weighted by Gasteiger charge is 2.12. The van der Waals surface area contributed by atoms with E-state index in [-0.39, 0.29) is 18.0 Å². The molecular formula is C14H10ClNO3S. The van der Waals surface area contributed by atoms with E-state index >= 15 is 0 Å². The SMILES string of the molecule is COCOc1cc2nc3cc(Cl)ccc3sc-2cc1=O. The Hall–Kier alpha value is -1.69. The van der Waals surface area contributed by atoms with Gasteiger partial charge in [0.15, 0.2) is 12.5 Å². The van der Waals surface area contributed by atoms with Crippen molar-refractivity contribution in [1.82, 2.24) is 4.98 Å². The summed E-state index contributed by atoms with van der Waals surface area (Å²) in [5.41, 5.74) is 1.32. The number of fused-ring (bicyclic) bond motifs is 2. The largest absolute Gasteiger partial charge is 0.463 e. The van der Waals surface area contributed by atoms with Crippen LogP contribution in [0.5, 0.6) is 5.75 Å². The van der Waals surface area contributed by atoms with Crippen LogP contribution in [0.3, 0.4) is 0 Å². The van der Waals surface area contributed by atoms with Crippen LogP contribution in [0.1, 0.15) is 0 Å². The molecular weight excluding hydrogens is 298 g/mol. The Kier molecular flexibility index (Phi) is 3.56.